The summed E-state index contributed by atoms with van der Waals surface area (Å²) in [6.07, 6.45) is 3.82. The first-order valence-corrected chi connectivity index (χ1v) is 8.99. The minimum absolute atomic E-state index is 0.248. The van der Waals surface area contributed by atoms with Gasteiger partial charge in [0, 0.05) is 28.9 Å². The maximum absolute atomic E-state index is 12.7. The summed E-state index contributed by atoms with van der Waals surface area (Å²) in [5.74, 6) is -0.817. The lowest BCUT2D eigenvalue weighted by molar-refractivity contribution is 0.0319. The highest BCUT2D eigenvalue weighted by Gasteiger charge is 2.23. The average Bonchev–Trinajstić information content (AvgIpc) is 3.35. The van der Waals surface area contributed by atoms with Gasteiger partial charge in [-0.2, -0.15) is 5.10 Å². The molecule has 140 valence electrons. The number of aromatic nitrogens is 3. The van der Waals surface area contributed by atoms with Crippen LogP contribution < -0.4 is 0 Å². The van der Waals surface area contributed by atoms with Crippen molar-refractivity contribution in [3.63, 3.8) is 0 Å². The van der Waals surface area contributed by atoms with Crippen molar-refractivity contribution in [1.29, 1.82) is 0 Å². The normalized spacial score (nSPS) is 12.0. The molecule has 0 bridgehead atoms. The van der Waals surface area contributed by atoms with Crippen LogP contribution in [0.4, 0.5) is 0 Å². The van der Waals surface area contributed by atoms with Gasteiger partial charge in [-0.25, -0.2) is 4.79 Å². The Hall–Kier alpha value is -3.67. The molecule has 0 amide bonds. The van der Waals surface area contributed by atoms with Crippen LogP contribution in [-0.2, 0) is 11.3 Å². The van der Waals surface area contributed by atoms with Crippen molar-refractivity contribution < 1.29 is 14.3 Å². The number of para-hydroxylation sites is 1. The van der Waals surface area contributed by atoms with Crippen LogP contribution in [0.25, 0.3) is 10.9 Å². The lowest BCUT2D eigenvalue weighted by Crippen LogP contribution is -2.24. The molecule has 4 rings (SSSR count). The van der Waals surface area contributed by atoms with E-state index in [0.29, 0.717) is 17.7 Å². The van der Waals surface area contributed by atoms with E-state index >= 15 is 0 Å². The summed E-state index contributed by atoms with van der Waals surface area (Å²) in [6.45, 7) is 2.13. The molecule has 28 heavy (non-hydrogen) atoms. The third kappa shape index (κ3) is 3.57. The molecule has 0 aliphatic carbocycles. The van der Waals surface area contributed by atoms with E-state index in [9.17, 15) is 9.59 Å². The second-order valence-corrected chi connectivity index (χ2v) is 6.57. The van der Waals surface area contributed by atoms with E-state index < -0.39 is 12.1 Å². The molecule has 2 aromatic heterocycles. The standard InChI is InChI=1S/C22H19N3O3/c1-15(21(26)19-12-23-20-10-6-5-9-18(19)20)28-22(27)17-11-24-25(14-17)13-16-7-3-2-4-8-16/h2-12,14-15,23H,13H2,1H3. The van der Waals surface area contributed by atoms with E-state index in [0.717, 1.165) is 16.5 Å². The first-order valence-electron chi connectivity index (χ1n) is 8.99. The van der Waals surface area contributed by atoms with Gasteiger partial charge >= 0.3 is 5.97 Å². The quantitative estimate of drug-likeness (QED) is 0.411. The maximum Gasteiger partial charge on any atom is 0.342 e. The second kappa shape index (κ2) is 7.52. The van der Waals surface area contributed by atoms with Crippen molar-refractivity contribution in [2.75, 3.05) is 0 Å². The van der Waals surface area contributed by atoms with Crippen LogP contribution in [0.3, 0.4) is 0 Å². The number of esters is 1. The highest BCUT2D eigenvalue weighted by molar-refractivity contribution is 6.10. The summed E-state index contributed by atoms with van der Waals surface area (Å²) in [6, 6.07) is 17.3. The highest BCUT2D eigenvalue weighted by Crippen LogP contribution is 2.20. The van der Waals surface area contributed by atoms with Gasteiger partial charge < -0.3 is 9.72 Å². The minimum Gasteiger partial charge on any atom is -0.451 e. The number of aromatic amines is 1. The van der Waals surface area contributed by atoms with E-state index in [2.05, 4.69) is 10.1 Å². The molecule has 0 radical (unpaired) electrons. The molecule has 2 aromatic carbocycles. The molecule has 1 atom stereocenters. The maximum atomic E-state index is 12.7. The molecule has 0 aliphatic rings. The van der Waals surface area contributed by atoms with Gasteiger partial charge in [0.1, 0.15) is 0 Å². The predicted molar refractivity (Wildman–Crippen MR) is 105 cm³/mol. The fraction of sp³-hybridized carbons (Fsp3) is 0.136. The SMILES string of the molecule is CC(OC(=O)c1cnn(Cc2ccccc2)c1)C(=O)c1c[nH]c2ccccc12. The lowest BCUT2D eigenvalue weighted by Gasteiger charge is -2.11. The number of nitrogens with zero attached hydrogens (tertiary/aromatic N) is 2. The lowest BCUT2D eigenvalue weighted by atomic mass is 10.1. The van der Waals surface area contributed by atoms with Crippen LogP contribution in [0.5, 0.6) is 0 Å². The van der Waals surface area contributed by atoms with Crippen LogP contribution in [0.2, 0.25) is 0 Å². The highest BCUT2D eigenvalue weighted by atomic mass is 16.5. The van der Waals surface area contributed by atoms with Crippen LogP contribution in [0.15, 0.2) is 73.2 Å². The van der Waals surface area contributed by atoms with Gasteiger partial charge in [-0.05, 0) is 18.6 Å². The molecular weight excluding hydrogens is 354 g/mol. The fourth-order valence-corrected chi connectivity index (χ4v) is 3.10. The number of fused-ring (bicyclic) bond motifs is 1. The monoisotopic (exact) mass is 373 g/mol. The first-order chi connectivity index (χ1) is 13.6. The van der Waals surface area contributed by atoms with Crippen molar-refractivity contribution in [3.05, 3.63) is 89.9 Å². The van der Waals surface area contributed by atoms with Gasteiger partial charge in [-0.15, -0.1) is 0 Å². The Bertz CT molecular complexity index is 1130. The molecule has 0 saturated heterocycles. The van der Waals surface area contributed by atoms with Crippen LogP contribution in [0, 0.1) is 0 Å². The Morgan fingerprint density at radius 2 is 1.86 bits per heavy atom. The zero-order valence-corrected chi connectivity index (χ0v) is 15.3. The molecule has 4 aromatic rings. The Kier molecular flexibility index (Phi) is 4.76. The summed E-state index contributed by atoms with van der Waals surface area (Å²) in [7, 11) is 0. The molecule has 6 heteroatoms. The fourth-order valence-electron chi connectivity index (χ4n) is 3.10. The molecule has 2 heterocycles. The number of rotatable bonds is 6. The number of Topliss-reactive ketones (excluding diaryl/α,β-unsaturated/α-hetero) is 1. The number of benzene rings is 2. The van der Waals surface area contributed by atoms with Crippen molar-refractivity contribution in [3.8, 4) is 0 Å². The zero-order chi connectivity index (χ0) is 19.5. The van der Waals surface area contributed by atoms with E-state index in [4.69, 9.17) is 4.74 Å². The molecule has 0 aliphatic heterocycles. The average molecular weight is 373 g/mol. The number of ether oxygens (including phenoxy) is 1. The smallest absolute Gasteiger partial charge is 0.342 e. The number of nitrogens with one attached hydrogen (secondary N) is 1. The van der Waals surface area contributed by atoms with Gasteiger partial charge in [0.2, 0.25) is 5.78 Å². The van der Waals surface area contributed by atoms with E-state index in [1.165, 1.54) is 6.20 Å². The van der Waals surface area contributed by atoms with Crippen LogP contribution in [-0.4, -0.2) is 32.6 Å². The molecule has 0 spiro atoms. The predicted octanol–water partition coefficient (Wildman–Crippen LogP) is 3.84. The first kappa shape index (κ1) is 17.7. The Labute approximate surface area is 161 Å². The molecular formula is C22H19N3O3. The zero-order valence-electron chi connectivity index (χ0n) is 15.3. The third-order valence-corrected chi connectivity index (χ3v) is 4.56. The van der Waals surface area contributed by atoms with Gasteiger partial charge in [0.25, 0.3) is 0 Å². The Balaban J connectivity index is 1.44. The van der Waals surface area contributed by atoms with Crippen LogP contribution in [0.1, 0.15) is 33.2 Å². The third-order valence-electron chi connectivity index (χ3n) is 4.56. The van der Waals surface area contributed by atoms with Gasteiger partial charge in [-0.1, -0.05) is 48.5 Å². The Morgan fingerprint density at radius 3 is 2.68 bits per heavy atom. The second-order valence-electron chi connectivity index (χ2n) is 6.57. The van der Waals surface area contributed by atoms with Gasteiger partial charge in [0.05, 0.1) is 18.3 Å². The molecule has 0 saturated carbocycles. The van der Waals surface area contributed by atoms with E-state index in [1.807, 2.05) is 54.6 Å². The van der Waals surface area contributed by atoms with Crippen molar-refractivity contribution in [2.24, 2.45) is 0 Å². The van der Waals surface area contributed by atoms with Crippen molar-refractivity contribution in [2.45, 2.75) is 19.6 Å². The molecule has 6 nitrogen and oxygen atoms in total. The molecule has 1 unspecified atom stereocenters. The number of carbonyl (C=O) groups excluding carboxylic acids is 2. The number of H-pyrrole nitrogens is 1. The van der Waals surface area contributed by atoms with Gasteiger partial charge in [0.15, 0.2) is 6.10 Å². The van der Waals surface area contributed by atoms with Gasteiger partial charge in [-0.3, -0.25) is 9.48 Å². The largest absolute Gasteiger partial charge is 0.451 e. The van der Waals surface area contributed by atoms with E-state index in [1.54, 1.807) is 24.0 Å². The topological polar surface area (TPSA) is 77.0 Å². The number of ketones is 1. The molecule has 1 N–H and O–H groups in total. The van der Waals surface area contributed by atoms with Crippen molar-refractivity contribution in [1.82, 2.24) is 14.8 Å². The number of hydrogen-bond acceptors (Lipinski definition) is 4. The minimum atomic E-state index is -0.899. The summed E-state index contributed by atoms with van der Waals surface area (Å²) in [5, 5.41) is 5.01. The Morgan fingerprint density at radius 1 is 1.11 bits per heavy atom. The van der Waals surface area contributed by atoms with E-state index in [-0.39, 0.29) is 5.78 Å². The van der Waals surface area contributed by atoms with Crippen molar-refractivity contribution >= 4 is 22.7 Å². The number of carbonyl (C=O) groups is 2. The number of hydrogen-bond donors (Lipinski definition) is 1. The summed E-state index contributed by atoms with van der Waals surface area (Å²) >= 11 is 0. The molecule has 0 fully saturated rings. The summed E-state index contributed by atoms with van der Waals surface area (Å²) in [5.41, 5.74) is 2.77. The summed E-state index contributed by atoms with van der Waals surface area (Å²) in [4.78, 5) is 28.2. The van der Waals surface area contributed by atoms with Crippen LogP contribution >= 0.6 is 0 Å². The summed E-state index contributed by atoms with van der Waals surface area (Å²) < 4.78 is 7.04.